The summed E-state index contributed by atoms with van der Waals surface area (Å²) >= 11 is 6.44. The molecule has 21 heavy (non-hydrogen) atoms. The van der Waals surface area contributed by atoms with Crippen molar-refractivity contribution in [3.8, 4) is 0 Å². The van der Waals surface area contributed by atoms with E-state index < -0.39 is 0 Å². The van der Waals surface area contributed by atoms with E-state index in [0.717, 1.165) is 43.4 Å². The summed E-state index contributed by atoms with van der Waals surface area (Å²) in [4.78, 5) is 2.48. The molecular weight excluding hydrogens is 284 g/mol. The summed E-state index contributed by atoms with van der Waals surface area (Å²) in [6.07, 6.45) is 6.67. The summed E-state index contributed by atoms with van der Waals surface area (Å²) in [6, 6.07) is 6.48. The minimum atomic E-state index is 0.726. The zero-order valence-corrected chi connectivity index (χ0v) is 13.8. The van der Waals surface area contributed by atoms with Crippen molar-refractivity contribution in [3.63, 3.8) is 0 Å². The monoisotopic (exact) mass is 310 g/mol. The number of methoxy groups -OCH3 is 1. The topological polar surface area (TPSA) is 24.5 Å². The normalized spacial score (nSPS) is 16.6. The SMILES string of the molecule is COCCNCc1ccc(N2CCCCCCC2)cc1Cl. The van der Waals surface area contributed by atoms with Gasteiger partial charge in [0.2, 0.25) is 0 Å². The van der Waals surface area contributed by atoms with Crippen LogP contribution in [0.5, 0.6) is 0 Å². The summed E-state index contributed by atoms with van der Waals surface area (Å²) in [6.45, 7) is 4.68. The van der Waals surface area contributed by atoms with E-state index in [1.807, 2.05) is 0 Å². The highest BCUT2D eigenvalue weighted by Gasteiger charge is 2.10. The van der Waals surface area contributed by atoms with E-state index in [4.69, 9.17) is 16.3 Å². The van der Waals surface area contributed by atoms with Crippen LogP contribution in [0.4, 0.5) is 5.69 Å². The maximum absolute atomic E-state index is 6.44. The van der Waals surface area contributed by atoms with Crippen molar-refractivity contribution in [2.24, 2.45) is 0 Å². The molecule has 1 aromatic rings. The van der Waals surface area contributed by atoms with Gasteiger partial charge in [0.1, 0.15) is 0 Å². The van der Waals surface area contributed by atoms with E-state index in [2.05, 4.69) is 28.4 Å². The van der Waals surface area contributed by atoms with Gasteiger partial charge in [0.05, 0.1) is 6.61 Å². The van der Waals surface area contributed by atoms with Crippen molar-refractivity contribution in [1.29, 1.82) is 0 Å². The molecule has 1 N–H and O–H groups in total. The lowest BCUT2D eigenvalue weighted by Gasteiger charge is -2.27. The number of anilines is 1. The van der Waals surface area contributed by atoms with Crippen LogP contribution >= 0.6 is 11.6 Å². The molecule has 1 aliphatic heterocycles. The molecule has 3 nitrogen and oxygen atoms in total. The molecule has 0 radical (unpaired) electrons. The molecule has 0 atom stereocenters. The number of benzene rings is 1. The third kappa shape index (κ3) is 5.50. The van der Waals surface area contributed by atoms with Crippen molar-refractivity contribution < 1.29 is 4.74 Å². The zero-order chi connectivity index (χ0) is 14.9. The number of nitrogens with zero attached hydrogens (tertiary/aromatic N) is 1. The molecule has 118 valence electrons. The van der Waals surface area contributed by atoms with Crippen molar-refractivity contribution in [2.75, 3.05) is 38.3 Å². The second kappa shape index (κ2) is 9.29. The maximum Gasteiger partial charge on any atom is 0.0587 e. The fourth-order valence-electron chi connectivity index (χ4n) is 2.78. The van der Waals surface area contributed by atoms with Crippen molar-refractivity contribution in [2.45, 2.75) is 38.6 Å². The quantitative estimate of drug-likeness (QED) is 0.808. The number of nitrogens with one attached hydrogen (secondary N) is 1. The Morgan fingerprint density at radius 1 is 1.14 bits per heavy atom. The van der Waals surface area contributed by atoms with Gasteiger partial charge in [-0.2, -0.15) is 0 Å². The first kappa shape index (κ1) is 16.6. The highest BCUT2D eigenvalue weighted by Crippen LogP contribution is 2.25. The number of hydrogen-bond donors (Lipinski definition) is 1. The van der Waals surface area contributed by atoms with Gasteiger partial charge >= 0.3 is 0 Å². The molecule has 2 rings (SSSR count). The third-order valence-corrected chi connectivity index (χ3v) is 4.41. The van der Waals surface area contributed by atoms with E-state index in [9.17, 15) is 0 Å². The Kier molecular flexibility index (Phi) is 7.34. The number of halogens is 1. The Bertz CT molecular complexity index is 417. The molecule has 1 aliphatic rings. The number of rotatable bonds is 6. The van der Waals surface area contributed by atoms with Crippen molar-refractivity contribution in [3.05, 3.63) is 28.8 Å². The van der Waals surface area contributed by atoms with E-state index in [-0.39, 0.29) is 0 Å². The van der Waals surface area contributed by atoms with Gasteiger partial charge in [0, 0.05) is 44.0 Å². The molecule has 0 aliphatic carbocycles. The second-order valence-electron chi connectivity index (χ2n) is 5.70. The number of ether oxygens (including phenoxy) is 1. The molecule has 0 amide bonds. The summed E-state index contributed by atoms with van der Waals surface area (Å²) < 4.78 is 5.03. The van der Waals surface area contributed by atoms with Crippen molar-refractivity contribution in [1.82, 2.24) is 5.32 Å². The minimum Gasteiger partial charge on any atom is -0.383 e. The summed E-state index contributed by atoms with van der Waals surface area (Å²) in [5.41, 5.74) is 2.42. The maximum atomic E-state index is 6.44. The average molecular weight is 311 g/mol. The molecule has 4 heteroatoms. The van der Waals surface area contributed by atoms with E-state index in [0.29, 0.717) is 0 Å². The van der Waals surface area contributed by atoms with Crippen LogP contribution in [0.2, 0.25) is 5.02 Å². The van der Waals surface area contributed by atoms with Crippen LogP contribution < -0.4 is 10.2 Å². The van der Waals surface area contributed by atoms with Gasteiger partial charge in [-0.1, -0.05) is 36.9 Å². The Balaban J connectivity index is 1.93. The van der Waals surface area contributed by atoms with Crippen LogP contribution in [0, 0.1) is 0 Å². The van der Waals surface area contributed by atoms with Gasteiger partial charge in [-0.25, -0.2) is 0 Å². The predicted molar refractivity (Wildman–Crippen MR) is 90.3 cm³/mol. The third-order valence-electron chi connectivity index (χ3n) is 4.06. The van der Waals surface area contributed by atoms with E-state index in [1.165, 1.54) is 37.8 Å². The Morgan fingerprint density at radius 2 is 1.86 bits per heavy atom. The lowest BCUT2D eigenvalue weighted by molar-refractivity contribution is 0.199. The van der Waals surface area contributed by atoms with Crippen LogP contribution in [0.1, 0.15) is 37.7 Å². The summed E-state index contributed by atoms with van der Waals surface area (Å²) in [7, 11) is 1.72. The molecule has 0 aromatic heterocycles. The molecule has 0 saturated carbocycles. The summed E-state index contributed by atoms with van der Waals surface area (Å²) in [5, 5.41) is 4.20. The highest BCUT2D eigenvalue weighted by atomic mass is 35.5. The smallest absolute Gasteiger partial charge is 0.0587 e. The first-order chi connectivity index (χ1) is 10.3. The van der Waals surface area contributed by atoms with Gasteiger partial charge in [-0.3, -0.25) is 0 Å². The minimum absolute atomic E-state index is 0.726. The molecule has 0 bridgehead atoms. The van der Waals surface area contributed by atoms with E-state index >= 15 is 0 Å². The average Bonchev–Trinajstić information content (AvgIpc) is 2.45. The van der Waals surface area contributed by atoms with Gasteiger partial charge in [0.15, 0.2) is 0 Å². The van der Waals surface area contributed by atoms with Crippen LogP contribution in [0.15, 0.2) is 18.2 Å². The molecule has 0 unspecified atom stereocenters. The van der Waals surface area contributed by atoms with Crippen LogP contribution in [0.3, 0.4) is 0 Å². The van der Waals surface area contributed by atoms with Crippen molar-refractivity contribution >= 4 is 17.3 Å². The van der Waals surface area contributed by atoms with E-state index in [1.54, 1.807) is 7.11 Å². The van der Waals surface area contributed by atoms with Gasteiger partial charge in [0.25, 0.3) is 0 Å². The first-order valence-corrected chi connectivity index (χ1v) is 8.42. The second-order valence-corrected chi connectivity index (χ2v) is 6.11. The van der Waals surface area contributed by atoms with Gasteiger partial charge in [-0.15, -0.1) is 0 Å². The van der Waals surface area contributed by atoms with Crippen LogP contribution in [-0.4, -0.2) is 33.4 Å². The standard InChI is InChI=1S/C17H27ClN2O/c1-21-12-9-19-14-15-7-8-16(13-17(15)18)20-10-5-3-2-4-6-11-20/h7-8,13,19H,2-6,9-12,14H2,1H3. The molecule has 1 saturated heterocycles. The zero-order valence-electron chi connectivity index (χ0n) is 13.0. The van der Waals surface area contributed by atoms with Crippen LogP contribution in [-0.2, 0) is 11.3 Å². The molecule has 1 fully saturated rings. The summed E-state index contributed by atoms with van der Waals surface area (Å²) in [5.74, 6) is 0. The first-order valence-electron chi connectivity index (χ1n) is 8.04. The predicted octanol–water partition coefficient (Wildman–Crippen LogP) is 3.85. The molecular formula is C17H27ClN2O. The Labute approximate surface area is 133 Å². The lowest BCUT2D eigenvalue weighted by Crippen LogP contribution is -2.27. The largest absolute Gasteiger partial charge is 0.383 e. The molecule has 1 heterocycles. The van der Waals surface area contributed by atoms with Gasteiger partial charge < -0.3 is 15.0 Å². The van der Waals surface area contributed by atoms with Crippen LogP contribution in [0.25, 0.3) is 0 Å². The fourth-order valence-corrected chi connectivity index (χ4v) is 3.02. The number of hydrogen-bond acceptors (Lipinski definition) is 3. The Morgan fingerprint density at radius 3 is 2.52 bits per heavy atom. The molecule has 0 spiro atoms. The fraction of sp³-hybridized carbons (Fsp3) is 0.647. The highest BCUT2D eigenvalue weighted by molar-refractivity contribution is 6.31. The molecule has 1 aromatic carbocycles. The lowest BCUT2D eigenvalue weighted by atomic mass is 10.1. The van der Waals surface area contributed by atoms with Gasteiger partial charge in [-0.05, 0) is 30.5 Å². The Hall–Kier alpha value is -0.770.